The van der Waals surface area contributed by atoms with E-state index in [1.807, 2.05) is 36.4 Å². The van der Waals surface area contributed by atoms with Crippen LogP contribution in [0.4, 0.5) is 0 Å². The van der Waals surface area contributed by atoms with Crippen molar-refractivity contribution in [3.63, 3.8) is 0 Å². The number of hydrogen-bond donors (Lipinski definition) is 1. The zero-order chi connectivity index (χ0) is 23.5. The number of hydrogen-bond acceptors (Lipinski definition) is 5. The number of benzene rings is 2. The van der Waals surface area contributed by atoms with Crippen LogP contribution in [-0.2, 0) is 23.0 Å². The minimum atomic E-state index is -3.71. The number of fused-ring (bicyclic) bond motifs is 1. The summed E-state index contributed by atoms with van der Waals surface area (Å²) in [6.45, 7) is 3.10. The highest BCUT2D eigenvalue weighted by molar-refractivity contribution is 7.89. The van der Waals surface area contributed by atoms with Crippen LogP contribution in [0, 0.1) is 0 Å². The molecule has 1 amide bonds. The summed E-state index contributed by atoms with van der Waals surface area (Å²) in [5.74, 6) is 0.528. The summed E-state index contributed by atoms with van der Waals surface area (Å²) in [4.78, 5) is 15.4. The molecule has 3 heterocycles. The van der Waals surface area contributed by atoms with Crippen molar-refractivity contribution in [2.45, 2.75) is 36.7 Å². The Morgan fingerprint density at radius 1 is 0.971 bits per heavy atom. The van der Waals surface area contributed by atoms with Gasteiger partial charge in [0.1, 0.15) is 5.76 Å². The van der Waals surface area contributed by atoms with E-state index in [9.17, 15) is 13.2 Å². The van der Waals surface area contributed by atoms with E-state index in [1.165, 1.54) is 15.9 Å². The lowest BCUT2D eigenvalue weighted by Crippen LogP contribution is -2.37. The molecular formula is C26H29N3O4S. The van der Waals surface area contributed by atoms with Crippen LogP contribution in [0.15, 0.2) is 76.2 Å². The maximum Gasteiger partial charge on any atom is 0.251 e. The van der Waals surface area contributed by atoms with Gasteiger partial charge in [-0.05, 0) is 73.8 Å². The Morgan fingerprint density at radius 2 is 1.76 bits per heavy atom. The standard InChI is InChI=1S/C26H29N3O4S/c30-26(27-18-24(25-11-6-16-33-25)28-13-3-4-14-28)21-9-5-10-23(17-21)34(31,32)29-15-12-20-7-1-2-8-22(20)19-29/h1-2,5-11,16-17,24H,3-4,12-15,18-19H2,(H,27,30)/t24-/m0/s1. The summed E-state index contributed by atoms with van der Waals surface area (Å²) in [5, 5.41) is 2.99. The first kappa shape index (κ1) is 22.8. The van der Waals surface area contributed by atoms with E-state index >= 15 is 0 Å². The van der Waals surface area contributed by atoms with Gasteiger partial charge in [-0.3, -0.25) is 9.69 Å². The van der Waals surface area contributed by atoms with Gasteiger partial charge in [-0.1, -0.05) is 30.3 Å². The van der Waals surface area contributed by atoms with Crippen LogP contribution in [0.5, 0.6) is 0 Å². The van der Waals surface area contributed by atoms with Gasteiger partial charge >= 0.3 is 0 Å². The van der Waals surface area contributed by atoms with Crippen molar-refractivity contribution in [1.29, 1.82) is 0 Å². The SMILES string of the molecule is O=C(NC[C@@H](c1ccco1)N1CCCC1)c1cccc(S(=O)(=O)N2CCc3ccccc3C2)c1. The summed E-state index contributed by atoms with van der Waals surface area (Å²) in [5.41, 5.74) is 2.54. The van der Waals surface area contributed by atoms with Crippen molar-refractivity contribution in [1.82, 2.24) is 14.5 Å². The van der Waals surface area contributed by atoms with Gasteiger partial charge in [-0.25, -0.2) is 8.42 Å². The lowest BCUT2D eigenvalue weighted by molar-refractivity contribution is 0.0933. The Kier molecular flexibility index (Phi) is 6.54. The highest BCUT2D eigenvalue weighted by Crippen LogP contribution is 2.27. The Balaban J connectivity index is 1.30. The topological polar surface area (TPSA) is 82.9 Å². The maximum atomic E-state index is 13.3. The van der Waals surface area contributed by atoms with E-state index in [4.69, 9.17) is 4.42 Å². The molecule has 0 saturated carbocycles. The Labute approximate surface area is 200 Å². The quantitative estimate of drug-likeness (QED) is 0.560. The average molecular weight is 480 g/mol. The van der Waals surface area contributed by atoms with Gasteiger partial charge in [0.05, 0.1) is 17.2 Å². The first-order valence-corrected chi connectivity index (χ1v) is 13.2. The molecular weight excluding hydrogens is 450 g/mol. The summed E-state index contributed by atoms with van der Waals surface area (Å²) in [7, 11) is -3.71. The van der Waals surface area contributed by atoms with Crippen LogP contribution in [0.3, 0.4) is 0 Å². The largest absolute Gasteiger partial charge is 0.468 e. The molecule has 0 unspecified atom stereocenters. The minimum Gasteiger partial charge on any atom is -0.468 e. The first-order valence-electron chi connectivity index (χ1n) is 11.7. The molecule has 1 fully saturated rings. The molecule has 2 aliphatic heterocycles. The Hall–Kier alpha value is -2.94. The molecule has 2 aromatic carbocycles. The third-order valence-corrected chi connectivity index (χ3v) is 8.58. The predicted octanol–water partition coefficient (Wildman–Crippen LogP) is 3.59. The van der Waals surface area contributed by atoms with E-state index in [0.717, 1.165) is 37.3 Å². The molecule has 0 spiro atoms. The van der Waals surface area contributed by atoms with Crippen LogP contribution in [-0.4, -0.2) is 49.7 Å². The molecule has 1 saturated heterocycles. The third-order valence-electron chi connectivity index (χ3n) is 6.74. The van der Waals surface area contributed by atoms with Crippen molar-refractivity contribution in [2.24, 2.45) is 0 Å². The molecule has 3 aromatic rings. The van der Waals surface area contributed by atoms with Crippen LogP contribution >= 0.6 is 0 Å². The summed E-state index contributed by atoms with van der Waals surface area (Å²) in [6.07, 6.45) is 4.59. The first-order chi connectivity index (χ1) is 16.5. The average Bonchev–Trinajstić information content (AvgIpc) is 3.59. The van der Waals surface area contributed by atoms with Gasteiger partial charge in [-0.2, -0.15) is 4.31 Å². The molecule has 0 radical (unpaired) electrons. The van der Waals surface area contributed by atoms with Gasteiger partial charge in [0.15, 0.2) is 0 Å². The van der Waals surface area contributed by atoms with Gasteiger partial charge in [0.25, 0.3) is 5.91 Å². The number of likely N-dealkylation sites (tertiary alicyclic amines) is 1. The highest BCUT2D eigenvalue weighted by Gasteiger charge is 2.29. The van der Waals surface area contributed by atoms with Crippen molar-refractivity contribution in [3.05, 3.63) is 89.4 Å². The van der Waals surface area contributed by atoms with E-state index in [0.29, 0.717) is 31.6 Å². The van der Waals surface area contributed by atoms with Crippen molar-refractivity contribution in [3.8, 4) is 0 Å². The Morgan fingerprint density at radius 3 is 2.53 bits per heavy atom. The minimum absolute atomic E-state index is 0.0400. The molecule has 2 aliphatic rings. The molecule has 0 bridgehead atoms. The molecule has 5 rings (SSSR count). The smallest absolute Gasteiger partial charge is 0.251 e. The second-order valence-electron chi connectivity index (χ2n) is 8.87. The lowest BCUT2D eigenvalue weighted by Gasteiger charge is -2.28. The monoisotopic (exact) mass is 479 g/mol. The van der Waals surface area contributed by atoms with E-state index in [1.54, 1.807) is 24.5 Å². The second kappa shape index (κ2) is 9.74. The number of sulfonamides is 1. The van der Waals surface area contributed by atoms with Crippen LogP contribution in [0.1, 0.15) is 46.1 Å². The van der Waals surface area contributed by atoms with E-state index in [-0.39, 0.29) is 16.8 Å². The number of rotatable bonds is 7. The van der Waals surface area contributed by atoms with Gasteiger partial charge < -0.3 is 9.73 Å². The molecule has 1 N–H and O–H groups in total. The molecule has 0 aliphatic carbocycles. The second-order valence-corrected chi connectivity index (χ2v) is 10.8. The number of carbonyl (C=O) groups is 1. The normalized spacial score (nSPS) is 17.9. The molecule has 34 heavy (non-hydrogen) atoms. The fourth-order valence-electron chi connectivity index (χ4n) is 4.86. The van der Waals surface area contributed by atoms with Gasteiger partial charge in [-0.15, -0.1) is 0 Å². The summed E-state index contributed by atoms with van der Waals surface area (Å²) >= 11 is 0. The van der Waals surface area contributed by atoms with Crippen LogP contribution in [0.25, 0.3) is 0 Å². The van der Waals surface area contributed by atoms with Gasteiger partial charge in [0, 0.05) is 25.2 Å². The summed E-state index contributed by atoms with van der Waals surface area (Å²) in [6, 6.07) is 18.0. The fraction of sp³-hybridized carbons (Fsp3) is 0.346. The third kappa shape index (κ3) is 4.66. The number of carbonyl (C=O) groups excluding carboxylic acids is 1. The maximum absolute atomic E-state index is 13.3. The zero-order valence-corrected chi connectivity index (χ0v) is 19.8. The number of nitrogens with zero attached hydrogens (tertiary/aromatic N) is 2. The van der Waals surface area contributed by atoms with Gasteiger partial charge in [0.2, 0.25) is 10.0 Å². The zero-order valence-electron chi connectivity index (χ0n) is 19.0. The number of amides is 1. The predicted molar refractivity (Wildman–Crippen MR) is 129 cm³/mol. The van der Waals surface area contributed by atoms with Crippen molar-refractivity contribution in [2.75, 3.05) is 26.2 Å². The van der Waals surface area contributed by atoms with E-state index < -0.39 is 10.0 Å². The lowest BCUT2D eigenvalue weighted by atomic mass is 10.0. The van der Waals surface area contributed by atoms with Crippen molar-refractivity contribution < 1.29 is 17.6 Å². The molecule has 1 aromatic heterocycles. The molecule has 1 atom stereocenters. The van der Waals surface area contributed by atoms with Crippen LogP contribution in [0.2, 0.25) is 0 Å². The molecule has 8 heteroatoms. The van der Waals surface area contributed by atoms with Crippen LogP contribution < -0.4 is 5.32 Å². The van der Waals surface area contributed by atoms with Crippen molar-refractivity contribution >= 4 is 15.9 Å². The Bertz CT molecular complexity index is 1250. The fourth-order valence-corrected chi connectivity index (χ4v) is 6.32. The van der Waals surface area contributed by atoms with E-state index in [2.05, 4.69) is 10.2 Å². The molecule has 7 nitrogen and oxygen atoms in total. The molecule has 178 valence electrons. The highest BCUT2D eigenvalue weighted by atomic mass is 32.2. The number of furan rings is 1. The summed E-state index contributed by atoms with van der Waals surface area (Å²) < 4.78 is 33.8. The number of nitrogens with one attached hydrogen (secondary N) is 1.